The van der Waals surface area contributed by atoms with E-state index in [1.54, 1.807) is 29.2 Å². The van der Waals surface area contributed by atoms with Crippen molar-refractivity contribution in [2.24, 2.45) is 0 Å². The lowest BCUT2D eigenvalue weighted by Crippen LogP contribution is -2.32. The van der Waals surface area contributed by atoms with E-state index >= 15 is 0 Å². The fraction of sp³-hybridized carbons (Fsp3) is 0.444. The van der Waals surface area contributed by atoms with E-state index < -0.39 is 0 Å². The van der Waals surface area contributed by atoms with Crippen LogP contribution in [0, 0.1) is 22.7 Å². The van der Waals surface area contributed by atoms with Crippen molar-refractivity contribution in [2.75, 3.05) is 19.7 Å². The molecule has 1 aromatic carbocycles. The predicted octanol–water partition coefficient (Wildman–Crippen LogP) is 2.70. The number of carbonyl (C=O) groups is 2. The van der Waals surface area contributed by atoms with E-state index in [9.17, 15) is 9.59 Å². The van der Waals surface area contributed by atoms with Crippen LogP contribution < -0.4 is 4.74 Å². The lowest BCUT2D eigenvalue weighted by atomic mass is 10.1. The molecule has 0 aliphatic carbocycles. The molecule has 1 rings (SSSR count). The van der Waals surface area contributed by atoms with E-state index in [0.29, 0.717) is 43.9 Å². The highest BCUT2D eigenvalue weighted by molar-refractivity contribution is 5.94. The second-order valence-electron chi connectivity index (χ2n) is 5.23. The number of ketones is 1. The van der Waals surface area contributed by atoms with Gasteiger partial charge in [0, 0.05) is 25.1 Å². The van der Waals surface area contributed by atoms with Crippen molar-refractivity contribution >= 4 is 11.7 Å². The summed E-state index contributed by atoms with van der Waals surface area (Å²) in [6, 6.07) is 10.9. The van der Waals surface area contributed by atoms with Gasteiger partial charge in [-0.2, -0.15) is 10.5 Å². The van der Waals surface area contributed by atoms with Crippen molar-refractivity contribution in [3.8, 4) is 17.9 Å². The molecule has 126 valence electrons. The van der Waals surface area contributed by atoms with Crippen LogP contribution in [0.1, 0.15) is 43.0 Å². The number of hydrogen-bond donors (Lipinski definition) is 0. The fourth-order valence-corrected chi connectivity index (χ4v) is 2.11. The zero-order chi connectivity index (χ0) is 17.8. The molecule has 1 aromatic rings. The van der Waals surface area contributed by atoms with E-state index in [1.807, 2.05) is 12.1 Å². The van der Waals surface area contributed by atoms with E-state index in [-0.39, 0.29) is 24.5 Å². The first-order chi connectivity index (χ1) is 11.6. The maximum Gasteiger partial charge on any atom is 0.222 e. The molecule has 0 bridgehead atoms. The molecular weight excluding hydrogens is 306 g/mol. The molecule has 0 saturated heterocycles. The first-order valence-electron chi connectivity index (χ1n) is 7.84. The monoisotopic (exact) mass is 327 g/mol. The summed E-state index contributed by atoms with van der Waals surface area (Å²) in [6.07, 6.45) is 1.33. The van der Waals surface area contributed by atoms with Crippen LogP contribution in [0.25, 0.3) is 0 Å². The molecule has 0 atom stereocenters. The topological polar surface area (TPSA) is 94.2 Å². The number of hydrogen-bond acceptors (Lipinski definition) is 5. The van der Waals surface area contributed by atoms with Crippen LogP contribution in [0.4, 0.5) is 0 Å². The molecular formula is C18H21N3O3. The molecule has 24 heavy (non-hydrogen) atoms. The Morgan fingerprint density at radius 3 is 2.42 bits per heavy atom. The first-order valence-corrected chi connectivity index (χ1v) is 7.84. The van der Waals surface area contributed by atoms with Gasteiger partial charge >= 0.3 is 0 Å². The second kappa shape index (κ2) is 10.8. The van der Waals surface area contributed by atoms with E-state index in [0.717, 1.165) is 0 Å². The van der Waals surface area contributed by atoms with Crippen molar-refractivity contribution in [2.45, 2.75) is 32.6 Å². The van der Waals surface area contributed by atoms with Gasteiger partial charge in [0.05, 0.1) is 31.6 Å². The zero-order valence-electron chi connectivity index (χ0n) is 13.8. The van der Waals surface area contributed by atoms with Gasteiger partial charge in [0.15, 0.2) is 5.78 Å². The minimum absolute atomic E-state index is 0.0266. The highest BCUT2D eigenvalue weighted by Crippen LogP contribution is 2.14. The third-order valence-corrected chi connectivity index (χ3v) is 3.38. The van der Waals surface area contributed by atoms with E-state index in [2.05, 4.69) is 0 Å². The van der Waals surface area contributed by atoms with Crippen LogP contribution in [0.3, 0.4) is 0 Å². The molecule has 0 spiro atoms. The average Bonchev–Trinajstić information content (AvgIpc) is 2.59. The normalized spacial score (nSPS) is 9.62. The number of amides is 1. The van der Waals surface area contributed by atoms with Crippen LogP contribution in [0.15, 0.2) is 24.3 Å². The Kier molecular flexibility index (Phi) is 8.63. The zero-order valence-corrected chi connectivity index (χ0v) is 13.8. The van der Waals surface area contributed by atoms with E-state index in [1.165, 1.54) is 6.92 Å². The van der Waals surface area contributed by atoms with Crippen molar-refractivity contribution in [3.05, 3.63) is 29.8 Å². The molecule has 0 aliphatic heterocycles. The quantitative estimate of drug-likeness (QED) is 0.486. The van der Waals surface area contributed by atoms with Gasteiger partial charge in [0.1, 0.15) is 5.75 Å². The van der Waals surface area contributed by atoms with Gasteiger partial charge in [0.25, 0.3) is 0 Å². The third-order valence-electron chi connectivity index (χ3n) is 3.38. The van der Waals surface area contributed by atoms with Crippen LogP contribution >= 0.6 is 0 Å². The van der Waals surface area contributed by atoms with Gasteiger partial charge in [-0.05, 0) is 25.5 Å². The smallest absolute Gasteiger partial charge is 0.222 e. The summed E-state index contributed by atoms with van der Waals surface area (Å²) < 4.78 is 5.56. The highest BCUT2D eigenvalue weighted by atomic mass is 16.5. The van der Waals surface area contributed by atoms with Crippen LogP contribution in [0.2, 0.25) is 0 Å². The molecule has 0 aliphatic rings. The summed E-state index contributed by atoms with van der Waals surface area (Å²) >= 11 is 0. The van der Waals surface area contributed by atoms with Gasteiger partial charge in [-0.15, -0.1) is 0 Å². The van der Waals surface area contributed by atoms with Crippen LogP contribution in [0.5, 0.6) is 5.75 Å². The number of benzene rings is 1. The van der Waals surface area contributed by atoms with Gasteiger partial charge < -0.3 is 9.64 Å². The van der Waals surface area contributed by atoms with Gasteiger partial charge in [-0.3, -0.25) is 9.59 Å². The molecule has 6 nitrogen and oxygen atoms in total. The Bertz CT molecular complexity index is 626. The summed E-state index contributed by atoms with van der Waals surface area (Å²) in [5, 5.41) is 17.3. The third kappa shape index (κ3) is 6.93. The standard InChI is InChI=1S/C18H21N3O3/c1-15(22)16-6-2-7-17(14-16)24-13-3-8-18(23)21(11-4-9-19)12-5-10-20/h2,6-7,14H,3-5,8,11-13H2,1H3. The van der Waals surface area contributed by atoms with E-state index in [4.69, 9.17) is 15.3 Å². The lowest BCUT2D eigenvalue weighted by Gasteiger charge is -2.20. The summed E-state index contributed by atoms with van der Waals surface area (Å²) in [4.78, 5) is 25.0. The number of rotatable bonds is 10. The maximum absolute atomic E-state index is 12.1. The Morgan fingerprint density at radius 2 is 1.83 bits per heavy atom. The molecule has 0 heterocycles. The van der Waals surface area contributed by atoms with Crippen molar-refractivity contribution < 1.29 is 14.3 Å². The molecule has 0 unspecified atom stereocenters. The maximum atomic E-state index is 12.1. The Morgan fingerprint density at radius 1 is 1.17 bits per heavy atom. The lowest BCUT2D eigenvalue weighted by molar-refractivity contribution is -0.131. The van der Waals surface area contributed by atoms with Crippen LogP contribution in [-0.4, -0.2) is 36.3 Å². The summed E-state index contributed by atoms with van der Waals surface area (Å²) in [6.45, 7) is 2.54. The second-order valence-corrected chi connectivity index (χ2v) is 5.23. The number of Topliss-reactive ketones (excluding diaryl/α,β-unsaturated/α-hetero) is 1. The summed E-state index contributed by atoms with van der Waals surface area (Å²) in [5.41, 5.74) is 0.586. The largest absolute Gasteiger partial charge is 0.494 e. The Labute approximate surface area is 142 Å². The number of carbonyl (C=O) groups excluding carboxylic acids is 2. The Balaban J connectivity index is 2.40. The molecule has 6 heteroatoms. The highest BCUT2D eigenvalue weighted by Gasteiger charge is 2.12. The van der Waals surface area contributed by atoms with Gasteiger partial charge in [0.2, 0.25) is 5.91 Å². The predicted molar refractivity (Wildman–Crippen MR) is 88.2 cm³/mol. The van der Waals surface area contributed by atoms with Gasteiger partial charge in [-0.25, -0.2) is 0 Å². The van der Waals surface area contributed by atoms with Gasteiger partial charge in [-0.1, -0.05) is 12.1 Å². The van der Waals surface area contributed by atoms with Crippen LogP contribution in [-0.2, 0) is 4.79 Å². The number of nitrogens with zero attached hydrogens (tertiary/aromatic N) is 3. The fourth-order valence-electron chi connectivity index (χ4n) is 2.11. The minimum Gasteiger partial charge on any atom is -0.494 e. The molecule has 0 saturated carbocycles. The molecule has 1 amide bonds. The summed E-state index contributed by atoms with van der Waals surface area (Å²) in [7, 11) is 0. The molecule has 0 N–H and O–H groups in total. The number of ether oxygens (including phenoxy) is 1. The Hall–Kier alpha value is -2.86. The van der Waals surface area contributed by atoms with Crippen molar-refractivity contribution in [3.63, 3.8) is 0 Å². The van der Waals surface area contributed by atoms with Crippen molar-refractivity contribution in [1.29, 1.82) is 10.5 Å². The number of nitriles is 2. The molecule has 0 radical (unpaired) electrons. The van der Waals surface area contributed by atoms with Crippen molar-refractivity contribution in [1.82, 2.24) is 4.90 Å². The SMILES string of the molecule is CC(=O)c1cccc(OCCCC(=O)N(CCC#N)CCC#N)c1. The summed E-state index contributed by atoms with van der Waals surface area (Å²) in [5.74, 6) is 0.490. The molecule has 0 fully saturated rings. The molecule has 0 aromatic heterocycles. The average molecular weight is 327 g/mol. The first kappa shape index (κ1) is 19.2. The minimum atomic E-state index is -0.0819.